The zero-order valence-corrected chi connectivity index (χ0v) is 14.6. The molecule has 0 aliphatic carbocycles. The number of nitriles is 1. The van der Waals surface area contributed by atoms with Crippen molar-refractivity contribution >= 4 is 56.8 Å². The Morgan fingerprint density at radius 1 is 1.26 bits per heavy atom. The SMILES string of the molecule is N#C/C(=C/c1cc(Br)ccc1O)C(=O)Nc1ccc(Cl)cc1Cl. The minimum Gasteiger partial charge on any atom is -0.507 e. The predicted octanol–water partition coefficient (Wildman–Crippen LogP) is 5.01. The van der Waals surface area contributed by atoms with Gasteiger partial charge in [0.15, 0.2) is 0 Å². The number of hydrogen-bond donors (Lipinski definition) is 2. The van der Waals surface area contributed by atoms with E-state index in [4.69, 9.17) is 23.2 Å². The van der Waals surface area contributed by atoms with Gasteiger partial charge >= 0.3 is 0 Å². The number of halogens is 3. The molecule has 0 fully saturated rings. The number of carbonyl (C=O) groups is 1. The summed E-state index contributed by atoms with van der Waals surface area (Å²) < 4.78 is 0.708. The Kier molecular flexibility index (Phi) is 5.67. The van der Waals surface area contributed by atoms with Crippen molar-refractivity contribution in [1.29, 1.82) is 5.26 Å². The Hall–Kier alpha value is -2.00. The Balaban J connectivity index is 2.30. The highest BCUT2D eigenvalue weighted by Gasteiger charge is 2.13. The third kappa shape index (κ3) is 4.49. The molecule has 7 heteroatoms. The molecule has 23 heavy (non-hydrogen) atoms. The van der Waals surface area contributed by atoms with Gasteiger partial charge in [0.25, 0.3) is 5.91 Å². The summed E-state index contributed by atoms with van der Waals surface area (Å²) in [7, 11) is 0. The first kappa shape index (κ1) is 17.4. The highest BCUT2D eigenvalue weighted by Crippen LogP contribution is 2.27. The predicted molar refractivity (Wildman–Crippen MR) is 94.5 cm³/mol. The number of nitrogens with zero attached hydrogens (tertiary/aromatic N) is 1. The summed E-state index contributed by atoms with van der Waals surface area (Å²) in [5.41, 5.74) is 0.498. The summed E-state index contributed by atoms with van der Waals surface area (Å²) in [6, 6.07) is 11.1. The lowest BCUT2D eigenvalue weighted by molar-refractivity contribution is -0.112. The van der Waals surface area contributed by atoms with Gasteiger partial charge in [0, 0.05) is 15.1 Å². The van der Waals surface area contributed by atoms with Crippen LogP contribution in [0.25, 0.3) is 6.08 Å². The van der Waals surface area contributed by atoms with Crippen molar-refractivity contribution in [3.8, 4) is 11.8 Å². The maximum Gasteiger partial charge on any atom is 0.266 e. The smallest absolute Gasteiger partial charge is 0.266 e. The lowest BCUT2D eigenvalue weighted by Crippen LogP contribution is -2.13. The maximum atomic E-state index is 12.2. The molecule has 0 radical (unpaired) electrons. The third-order valence-electron chi connectivity index (χ3n) is 2.83. The van der Waals surface area contributed by atoms with Gasteiger partial charge in [-0.2, -0.15) is 5.26 Å². The van der Waals surface area contributed by atoms with Crippen LogP contribution >= 0.6 is 39.1 Å². The molecule has 116 valence electrons. The lowest BCUT2D eigenvalue weighted by atomic mass is 10.1. The first-order valence-electron chi connectivity index (χ1n) is 6.27. The summed E-state index contributed by atoms with van der Waals surface area (Å²) in [5.74, 6) is -0.686. The molecule has 2 aromatic rings. The average Bonchev–Trinajstić information content (AvgIpc) is 2.50. The van der Waals surface area contributed by atoms with E-state index in [1.807, 2.05) is 0 Å². The topological polar surface area (TPSA) is 73.1 Å². The molecule has 4 nitrogen and oxygen atoms in total. The van der Waals surface area contributed by atoms with Crippen LogP contribution in [0.2, 0.25) is 10.0 Å². The molecular weight excluding hydrogens is 403 g/mol. The fourth-order valence-corrected chi connectivity index (χ4v) is 2.56. The van der Waals surface area contributed by atoms with Crippen molar-refractivity contribution in [1.82, 2.24) is 0 Å². The number of carbonyl (C=O) groups excluding carboxylic acids is 1. The van der Waals surface area contributed by atoms with Gasteiger partial charge in [-0.25, -0.2) is 0 Å². The number of hydrogen-bond acceptors (Lipinski definition) is 3. The molecule has 0 saturated carbocycles. The number of benzene rings is 2. The van der Waals surface area contributed by atoms with Crippen molar-refractivity contribution in [2.75, 3.05) is 5.32 Å². The molecule has 0 aromatic heterocycles. The summed E-state index contributed by atoms with van der Waals surface area (Å²) in [5, 5.41) is 22.2. The van der Waals surface area contributed by atoms with E-state index in [0.717, 1.165) is 0 Å². The first-order chi connectivity index (χ1) is 10.9. The maximum absolute atomic E-state index is 12.2. The molecule has 0 saturated heterocycles. The molecule has 1 amide bonds. The van der Waals surface area contributed by atoms with Crippen LogP contribution < -0.4 is 5.32 Å². The molecule has 0 bridgehead atoms. The van der Waals surface area contributed by atoms with Crippen molar-refractivity contribution in [2.45, 2.75) is 0 Å². The molecule has 2 N–H and O–H groups in total. The van der Waals surface area contributed by atoms with Gasteiger partial charge in [0.2, 0.25) is 0 Å². The molecule has 0 spiro atoms. The average molecular weight is 412 g/mol. The molecule has 0 aliphatic heterocycles. The second-order valence-corrected chi connectivity index (χ2v) is 6.21. The van der Waals surface area contributed by atoms with Crippen LogP contribution in [0.1, 0.15) is 5.56 Å². The van der Waals surface area contributed by atoms with Crippen molar-refractivity contribution in [2.24, 2.45) is 0 Å². The molecule has 0 unspecified atom stereocenters. The number of amides is 1. The Labute approximate surface area is 151 Å². The zero-order chi connectivity index (χ0) is 17.0. The number of phenolic OH excluding ortho intramolecular Hbond substituents is 1. The first-order valence-corrected chi connectivity index (χ1v) is 7.82. The van der Waals surface area contributed by atoms with Gasteiger partial charge in [0.1, 0.15) is 17.4 Å². The van der Waals surface area contributed by atoms with Crippen LogP contribution in [0.15, 0.2) is 46.4 Å². The van der Waals surface area contributed by atoms with Gasteiger partial charge in [-0.3, -0.25) is 4.79 Å². The van der Waals surface area contributed by atoms with E-state index in [0.29, 0.717) is 20.7 Å². The van der Waals surface area contributed by atoms with E-state index in [2.05, 4.69) is 21.2 Å². The molecular formula is C16H9BrCl2N2O2. The van der Waals surface area contributed by atoms with E-state index >= 15 is 0 Å². The molecule has 0 atom stereocenters. The molecule has 0 aliphatic rings. The Morgan fingerprint density at radius 2 is 2.00 bits per heavy atom. The van der Waals surface area contributed by atoms with Crippen molar-refractivity contribution in [3.63, 3.8) is 0 Å². The summed E-state index contributed by atoms with van der Waals surface area (Å²) in [6.45, 7) is 0. The minimum absolute atomic E-state index is 0.0433. The van der Waals surface area contributed by atoms with E-state index in [-0.39, 0.29) is 16.3 Å². The van der Waals surface area contributed by atoms with E-state index in [1.54, 1.807) is 24.3 Å². The van der Waals surface area contributed by atoms with Gasteiger partial charge in [-0.1, -0.05) is 39.1 Å². The quantitative estimate of drug-likeness (QED) is 0.550. The monoisotopic (exact) mass is 410 g/mol. The standard InChI is InChI=1S/C16H9BrCl2N2O2/c17-11-1-4-15(22)9(6-11)5-10(8-20)16(23)21-14-3-2-12(18)7-13(14)19/h1-7,22H,(H,21,23)/b10-5-. The summed E-state index contributed by atoms with van der Waals surface area (Å²) in [4.78, 5) is 12.2. The van der Waals surface area contributed by atoms with Crippen molar-refractivity contribution in [3.05, 3.63) is 62.1 Å². The van der Waals surface area contributed by atoms with E-state index in [9.17, 15) is 15.2 Å². The number of phenols is 1. The van der Waals surface area contributed by atoms with Crippen LogP contribution in [-0.2, 0) is 4.79 Å². The highest BCUT2D eigenvalue weighted by molar-refractivity contribution is 9.10. The van der Waals surface area contributed by atoms with E-state index < -0.39 is 5.91 Å². The number of rotatable bonds is 3. The number of nitrogens with one attached hydrogen (secondary N) is 1. The van der Waals surface area contributed by atoms with Crippen LogP contribution in [0.5, 0.6) is 5.75 Å². The van der Waals surface area contributed by atoms with Crippen molar-refractivity contribution < 1.29 is 9.90 Å². The molecule has 2 rings (SSSR count). The minimum atomic E-state index is -0.643. The number of aromatic hydroxyl groups is 1. The van der Waals surface area contributed by atoms with Gasteiger partial charge in [-0.15, -0.1) is 0 Å². The van der Waals surface area contributed by atoms with Crippen LogP contribution in [0, 0.1) is 11.3 Å². The van der Waals surface area contributed by atoms with Crippen LogP contribution in [0.4, 0.5) is 5.69 Å². The fourth-order valence-electron chi connectivity index (χ4n) is 1.73. The molecule has 0 heterocycles. The van der Waals surface area contributed by atoms with Gasteiger partial charge in [-0.05, 0) is 42.5 Å². The normalized spacial score (nSPS) is 11.0. The Bertz CT molecular complexity index is 844. The van der Waals surface area contributed by atoms with Gasteiger partial charge in [0.05, 0.1) is 10.7 Å². The highest BCUT2D eigenvalue weighted by atomic mass is 79.9. The van der Waals surface area contributed by atoms with E-state index in [1.165, 1.54) is 24.3 Å². The van der Waals surface area contributed by atoms with Gasteiger partial charge < -0.3 is 10.4 Å². The summed E-state index contributed by atoms with van der Waals surface area (Å²) in [6.07, 6.45) is 1.29. The second kappa shape index (κ2) is 7.51. The summed E-state index contributed by atoms with van der Waals surface area (Å²) >= 11 is 15.0. The second-order valence-electron chi connectivity index (χ2n) is 4.45. The largest absolute Gasteiger partial charge is 0.507 e. The Morgan fingerprint density at radius 3 is 2.65 bits per heavy atom. The lowest BCUT2D eigenvalue weighted by Gasteiger charge is -2.07. The van der Waals surface area contributed by atoms with Crippen LogP contribution in [-0.4, -0.2) is 11.0 Å². The molecule has 2 aromatic carbocycles. The third-order valence-corrected chi connectivity index (χ3v) is 3.87. The van der Waals surface area contributed by atoms with Crippen LogP contribution in [0.3, 0.4) is 0 Å². The fraction of sp³-hybridized carbons (Fsp3) is 0. The zero-order valence-electron chi connectivity index (χ0n) is 11.5. The number of anilines is 1.